The molecule has 1 atom stereocenters. The predicted octanol–water partition coefficient (Wildman–Crippen LogP) is 1.09. The van der Waals surface area contributed by atoms with Gasteiger partial charge in [0.1, 0.15) is 0 Å². The number of aromatic nitrogens is 2. The lowest BCUT2D eigenvalue weighted by Gasteiger charge is -2.32. The van der Waals surface area contributed by atoms with Crippen LogP contribution in [0.3, 0.4) is 0 Å². The van der Waals surface area contributed by atoms with E-state index in [0.29, 0.717) is 11.6 Å². The Hall–Kier alpha value is -1.73. The minimum absolute atomic E-state index is 0.0705. The second kappa shape index (κ2) is 8.31. The fourth-order valence-electron chi connectivity index (χ4n) is 3.72. The Morgan fingerprint density at radius 2 is 1.88 bits per heavy atom. The van der Waals surface area contributed by atoms with Gasteiger partial charge in [0.25, 0.3) is 5.91 Å². The van der Waals surface area contributed by atoms with Gasteiger partial charge in [0.05, 0.1) is 11.3 Å². The van der Waals surface area contributed by atoms with Crippen molar-refractivity contribution in [3.05, 3.63) is 17.5 Å². The van der Waals surface area contributed by atoms with Crippen LogP contribution in [0.2, 0.25) is 0 Å². The molecular formula is C19H32N6O. The summed E-state index contributed by atoms with van der Waals surface area (Å²) < 4.78 is 0. The highest BCUT2D eigenvalue weighted by molar-refractivity contribution is 5.95. The van der Waals surface area contributed by atoms with Crippen molar-refractivity contribution in [3.63, 3.8) is 0 Å². The van der Waals surface area contributed by atoms with E-state index in [1.165, 1.54) is 6.42 Å². The molecule has 0 aliphatic carbocycles. The van der Waals surface area contributed by atoms with E-state index in [9.17, 15) is 4.79 Å². The Bertz CT molecular complexity index is 626. The van der Waals surface area contributed by atoms with Crippen molar-refractivity contribution >= 4 is 11.9 Å². The fraction of sp³-hybridized carbons (Fsp3) is 0.737. The largest absolute Gasteiger partial charge is 0.338 e. The summed E-state index contributed by atoms with van der Waals surface area (Å²) in [5, 5.41) is 0. The van der Waals surface area contributed by atoms with Crippen molar-refractivity contribution < 1.29 is 4.79 Å². The quantitative estimate of drug-likeness (QED) is 0.804. The monoisotopic (exact) mass is 360 g/mol. The molecule has 0 unspecified atom stereocenters. The van der Waals surface area contributed by atoms with Crippen LogP contribution in [0.4, 0.5) is 5.95 Å². The summed E-state index contributed by atoms with van der Waals surface area (Å²) in [5.41, 5.74) is 1.42. The zero-order valence-electron chi connectivity index (χ0n) is 16.6. The third kappa shape index (κ3) is 4.32. The number of nitrogens with zero attached hydrogens (tertiary/aromatic N) is 6. The minimum Gasteiger partial charge on any atom is -0.338 e. The Morgan fingerprint density at radius 1 is 1.15 bits per heavy atom. The molecule has 2 aliphatic heterocycles. The Morgan fingerprint density at radius 3 is 2.54 bits per heavy atom. The molecule has 3 rings (SSSR count). The molecule has 0 aromatic carbocycles. The average molecular weight is 361 g/mol. The van der Waals surface area contributed by atoms with E-state index in [4.69, 9.17) is 0 Å². The fourth-order valence-corrected chi connectivity index (χ4v) is 3.72. The molecule has 7 nitrogen and oxygen atoms in total. The molecule has 1 aromatic heterocycles. The maximum atomic E-state index is 13.1. The van der Waals surface area contributed by atoms with Crippen LogP contribution in [0.5, 0.6) is 0 Å². The van der Waals surface area contributed by atoms with Gasteiger partial charge in [0.2, 0.25) is 5.95 Å². The van der Waals surface area contributed by atoms with Gasteiger partial charge < -0.3 is 19.6 Å². The van der Waals surface area contributed by atoms with Crippen LogP contribution in [0.25, 0.3) is 0 Å². The normalized spacial score (nSPS) is 22.6. The second-order valence-electron chi connectivity index (χ2n) is 7.82. The average Bonchev–Trinajstić information content (AvgIpc) is 2.88. The SMILES string of the molecule is Cc1nc(N2CCN(C)CC2)ncc1C(=O)N1CCCC[C@H](N(C)C)C1. The summed E-state index contributed by atoms with van der Waals surface area (Å²) >= 11 is 0. The van der Waals surface area contributed by atoms with Gasteiger partial charge >= 0.3 is 0 Å². The van der Waals surface area contributed by atoms with Gasteiger partial charge in [-0.2, -0.15) is 0 Å². The number of piperazine rings is 1. The van der Waals surface area contributed by atoms with E-state index >= 15 is 0 Å². The van der Waals surface area contributed by atoms with Crippen LogP contribution < -0.4 is 4.90 Å². The van der Waals surface area contributed by atoms with Crippen LogP contribution in [-0.2, 0) is 0 Å². The molecule has 26 heavy (non-hydrogen) atoms. The van der Waals surface area contributed by atoms with Crippen LogP contribution in [0.1, 0.15) is 35.3 Å². The zero-order valence-corrected chi connectivity index (χ0v) is 16.6. The molecule has 0 N–H and O–H groups in total. The van der Waals surface area contributed by atoms with E-state index in [2.05, 4.69) is 45.8 Å². The number of amides is 1. The smallest absolute Gasteiger partial charge is 0.257 e. The lowest BCUT2D eigenvalue weighted by Crippen LogP contribution is -2.45. The third-order valence-electron chi connectivity index (χ3n) is 5.65. The number of hydrogen-bond donors (Lipinski definition) is 0. The number of likely N-dealkylation sites (tertiary alicyclic amines) is 1. The van der Waals surface area contributed by atoms with E-state index in [1.54, 1.807) is 6.20 Å². The number of hydrogen-bond acceptors (Lipinski definition) is 6. The number of anilines is 1. The van der Waals surface area contributed by atoms with Crippen molar-refractivity contribution in [1.82, 2.24) is 24.7 Å². The van der Waals surface area contributed by atoms with Gasteiger partial charge in [-0.15, -0.1) is 0 Å². The van der Waals surface area contributed by atoms with Crippen molar-refractivity contribution in [2.45, 2.75) is 32.2 Å². The first-order valence-corrected chi connectivity index (χ1v) is 9.68. The third-order valence-corrected chi connectivity index (χ3v) is 5.65. The van der Waals surface area contributed by atoms with Gasteiger partial charge in [-0.3, -0.25) is 4.79 Å². The summed E-state index contributed by atoms with van der Waals surface area (Å²) in [6, 6.07) is 0.423. The van der Waals surface area contributed by atoms with Crippen molar-refractivity contribution in [3.8, 4) is 0 Å². The summed E-state index contributed by atoms with van der Waals surface area (Å²) in [6.45, 7) is 7.43. The summed E-state index contributed by atoms with van der Waals surface area (Å²) in [5.74, 6) is 0.815. The molecule has 0 radical (unpaired) electrons. The summed E-state index contributed by atoms with van der Waals surface area (Å²) in [4.78, 5) is 31.0. The first kappa shape index (κ1) is 19.0. The maximum absolute atomic E-state index is 13.1. The van der Waals surface area contributed by atoms with Gasteiger partial charge in [0.15, 0.2) is 0 Å². The molecule has 0 saturated carbocycles. The van der Waals surface area contributed by atoms with Crippen LogP contribution in [0, 0.1) is 6.92 Å². The molecule has 7 heteroatoms. The summed E-state index contributed by atoms with van der Waals surface area (Å²) in [6.07, 6.45) is 5.11. The van der Waals surface area contributed by atoms with Crippen LogP contribution >= 0.6 is 0 Å². The highest BCUT2D eigenvalue weighted by Gasteiger charge is 2.26. The van der Waals surface area contributed by atoms with E-state index in [1.807, 2.05) is 11.8 Å². The summed E-state index contributed by atoms with van der Waals surface area (Å²) in [7, 11) is 6.32. The van der Waals surface area contributed by atoms with Gasteiger partial charge in [0, 0.05) is 51.5 Å². The molecule has 1 aromatic rings. The molecule has 0 bridgehead atoms. The second-order valence-corrected chi connectivity index (χ2v) is 7.82. The number of aryl methyl sites for hydroxylation is 1. The highest BCUT2D eigenvalue weighted by Crippen LogP contribution is 2.19. The number of likely N-dealkylation sites (N-methyl/N-ethyl adjacent to an activating group) is 2. The minimum atomic E-state index is 0.0705. The van der Waals surface area contributed by atoms with Gasteiger partial charge in [-0.25, -0.2) is 9.97 Å². The molecule has 2 saturated heterocycles. The van der Waals surface area contributed by atoms with Gasteiger partial charge in [-0.05, 0) is 40.9 Å². The number of rotatable bonds is 3. The molecule has 1 amide bonds. The first-order chi connectivity index (χ1) is 12.5. The lowest BCUT2D eigenvalue weighted by atomic mass is 10.1. The molecule has 144 valence electrons. The van der Waals surface area contributed by atoms with Crippen LogP contribution in [-0.4, -0.2) is 97.0 Å². The lowest BCUT2D eigenvalue weighted by molar-refractivity contribution is 0.0724. The standard InChI is InChI=1S/C19H32N6O/c1-15-17(13-20-19(21-15)24-11-9-23(4)10-12-24)18(26)25-8-6-5-7-16(14-25)22(2)3/h13,16H,5-12,14H2,1-4H3/t16-/m0/s1. The molecule has 2 fully saturated rings. The van der Waals surface area contributed by atoms with E-state index in [-0.39, 0.29) is 5.91 Å². The Balaban J connectivity index is 1.73. The van der Waals surface area contributed by atoms with Gasteiger partial charge in [-0.1, -0.05) is 6.42 Å². The Labute approximate surface area is 157 Å². The van der Waals surface area contributed by atoms with Crippen molar-refractivity contribution in [2.75, 3.05) is 65.3 Å². The highest BCUT2D eigenvalue weighted by atomic mass is 16.2. The van der Waals surface area contributed by atoms with Crippen molar-refractivity contribution in [1.29, 1.82) is 0 Å². The van der Waals surface area contributed by atoms with Crippen molar-refractivity contribution in [2.24, 2.45) is 0 Å². The number of carbonyl (C=O) groups is 1. The molecule has 3 heterocycles. The molecule has 2 aliphatic rings. The van der Waals surface area contributed by atoms with Crippen LogP contribution in [0.15, 0.2) is 6.20 Å². The van der Waals surface area contributed by atoms with E-state index in [0.717, 1.165) is 63.8 Å². The number of carbonyl (C=O) groups excluding carboxylic acids is 1. The molecule has 0 spiro atoms. The first-order valence-electron chi connectivity index (χ1n) is 9.68. The topological polar surface area (TPSA) is 55.8 Å². The Kier molecular flexibility index (Phi) is 6.09. The predicted molar refractivity (Wildman–Crippen MR) is 104 cm³/mol. The van der Waals surface area contributed by atoms with E-state index < -0.39 is 0 Å². The zero-order chi connectivity index (χ0) is 18.7. The molecular weight excluding hydrogens is 328 g/mol. The maximum Gasteiger partial charge on any atom is 0.257 e.